The molecule has 2 aromatic rings. The Kier molecular flexibility index (Phi) is 3.77. The zero-order valence-electron chi connectivity index (χ0n) is 10.5. The van der Waals surface area contributed by atoms with Gasteiger partial charge in [-0.1, -0.05) is 12.1 Å². The van der Waals surface area contributed by atoms with Gasteiger partial charge in [0, 0.05) is 6.07 Å². The molecule has 0 amide bonds. The molecule has 0 aliphatic carbocycles. The van der Waals surface area contributed by atoms with Gasteiger partial charge in [0.1, 0.15) is 6.07 Å². The number of nitrogens with one attached hydrogen (secondary N) is 2. The van der Waals surface area contributed by atoms with Crippen molar-refractivity contribution in [1.82, 2.24) is 4.98 Å². The van der Waals surface area contributed by atoms with Gasteiger partial charge in [-0.15, -0.1) is 0 Å². The Labute approximate surface area is 114 Å². The van der Waals surface area contributed by atoms with Crippen molar-refractivity contribution < 1.29 is 8.78 Å². The van der Waals surface area contributed by atoms with Gasteiger partial charge in [-0.3, -0.25) is 0 Å². The van der Waals surface area contributed by atoms with E-state index in [0.717, 1.165) is 5.56 Å². The van der Waals surface area contributed by atoms with Crippen LogP contribution in [0.2, 0.25) is 0 Å². The Bertz CT molecular complexity index is 694. The molecule has 4 N–H and O–H groups in total. The number of anilines is 3. The standard InChI is InChI=1S/C13H11F2N5/c1-7-3-2-4-11(8(7)6-16)18-12-9(14)5-10(15)13(19-12)20-17/h2-5H,17H2,1H3,(H2,18,19,20). The molecule has 7 heteroatoms. The number of hydrogen-bond acceptors (Lipinski definition) is 5. The summed E-state index contributed by atoms with van der Waals surface area (Å²) in [6, 6.07) is 7.74. The summed E-state index contributed by atoms with van der Waals surface area (Å²) in [6.45, 7) is 1.76. The minimum Gasteiger partial charge on any atom is -0.337 e. The average Bonchev–Trinajstić information content (AvgIpc) is 2.42. The van der Waals surface area contributed by atoms with Crippen molar-refractivity contribution in [2.75, 3.05) is 10.7 Å². The van der Waals surface area contributed by atoms with Gasteiger partial charge < -0.3 is 10.7 Å². The van der Waals surface area contributed by atoms with Crippen LogP contribution in [0.25, 0.3) is 0 Å². The van der Waals surface area contributed by atoms with Gasteiger partial charge >= 0.3 is 0 Å². The van der Waals surface area contributed by atoms with Crippen molar-refractivity contribution in [3.63, 3.8) is 0 Å². The number of hydrazine groups is 1. The van der Waals surface area contributed by atoms with E-state index in [9.17, 15) is 8.78 Å². The normalized spacial score (nSPS) is 9.95. The third-order valence-electron chi connectivity index (χ3n) is 2.70. The fraction of sp³-hybridized carbons (Fsp3) is 0.0769. The molecule has 1 heterocycles. The molecular formula is C13H11F2N5. The van der Waals surface area contributed by atoms with Gasteiger partial charge in [-0.05, 0) is 18.6 Å². The molecule has 1 aromatic heterocycles. The van der Waals surface area contributed by atoms with E-state index in [2.05, 4.69) is 10.3 Å². The van der Waals surface area contributed by atoms with Gasteiger partial charge in [0.25, 0.3) is 0 Å². The van der Waals surface area contributed by atoms with Crippen LogP contribution in [0.5, 0.6) is 0 Å². The Morgan fingerprint density at radius 2 is 1.95 bits per heavy atom. The molecule has 0 fully saturated rings. The first-order valence-electron chi connectivity index (χ1n) is 5.66. The first-order valence-corrected chi connectivity index (χ1v) is 5.66. The molecule has 0 saturated carbocycles. The summed E-state index contributed by atoms with van der Waals surface area (Å²) < 4.78 is 26.9. The van der Waals surface area contributed by atoms with Crippen LogP contribution in [0, 0.1) is 29.9 Å². The highest BCUT2D eigenvalue weighted by molar-refractivity contribution is 5.67. The minimum atomic E-state index is -0.903. The molecule has 0 bridgehead atoms. The van der Waals surface area contributed by atoms with Crippen LogP contribution in [0.4, 0.5) is 26.1 Å². The molecule has 0 atom stereocenters. The van der Waals surface area contributed by atoms with Crippen molar-refractivity contribution in [3.05, 3.63) is 47.0 Å². The van der Waals surface area contributed by atoms with E-state index in [1.165, 1.54) is 0 Å². The summed E-state index contributed by atoms with van der Waals surface area (Å²) in [5.74, 6) is 2.79. The SMILES string of the molecule is Cc1cccc(Nc2nc(NN)c(F)cc2F)c1C#N. The highest BCUT2D eigenvalue weighted by Gasteiger charge is 2.13. The number of nitriles is 1. The number of nitrogens with zero attached hydrogens (tertiary/aromatic N) is 2. The van der Waals surface area contributed by atoms with Crippen LogP contribution >= 0.6 is 0 Å². The summed E-state index contributed by atoms with van der Waals surface area (Å²) in [4.78, 5) is 3.68. The number of aromatic nitrogens is 1. The number of aryl methyl sites for hydroxylation is 1. The molecular weight excluding hydrogens is 264 g/mol. The molecule has 5 nitrogen and oxygen atoms in total. The van der Waals surface area contributed by atoms with Gasteiger partial charge in [-0.25, -0.2) is 19.6 Å². The lowest BCUT2D eigenvalue weighted by atomic mass is 10.1. The number of rotatable bonds is 3. The van der Waals surface area contributed by atoms with Crippen molar-refractivity contribution >= 4 is 17.3 Å². The molecule has 2 rings (SSSR count). The monoisotopic (exact) mass is 275 g/mol. The number of nitrogens with two attached hydrogens (primary N) is 1. The van der Waals surface area contributed by atoms with E-state index in [-0.39, 0.29) is 11.6 Å². The molecule has 0 aliphatic heterocycles. The molecule has 102 valence electrons. The maximum Gasteiger partial charge on any atom is 0.178 e. The highest BCUT2D eigenvalue weighted by atomic mass is 19.1. The molecule has 1 aromatic carbocycles. The molecule has 20 heavy (non-hydrogen) atoms. The summed E-state index contributed by atoms with van der Waals surface area (Å²) in [5, 5.41) is 11.8. The van der Waals surface area contributed by atoms with Crippen molar-refractivity contribution in [2.24, 2.45) is 5.84 Å². The number of halogens is 2. The van der Waals surface area contributed by atoms with Gasteiger partial charge in [0.2, 0.25) is 0 Å². The van der Waals surface area contributed by atoms with E-state index in [1.807, 2.05) is 11.5 Å². The van der Waals surface area contributed by atoms with Crippen LogP contribution in [0.3, 0.4) is 0 Å². The number of pyridine rings is 1. The van der Waals surface area contributed by atoms with Crippen molar-refractivity contribution in [1.29, 1.82) is 5.26 Å². The molecule has 0 unspecified atom stereocenters. The zero-order valence-corrected chi connectivity index (χ0v) is 10.5. The molecule has 0 spiro atoms. The Morgan fingerprint density at radius 1 is 1.25 bits per heavy atom. The van der Waals surface area contributed by atoms with Gasteiger partial charge in [0.15, 0.2) is 23.3 Å². The number of nitrogen functional groups attached to an aromatic ring is 1. The van der Waals surface area contributed by atoms with E-state index < -0.39 is 11.6 Å². The lowest BCUT2D eigenvalue weighted by Gasteiger charge is -2.11. The minimum absolute atomic E-state index is 0.221. The number of hydrogen-bond donors (Lipinski definition) is 3. The topological polar surface area (TPSA) is 86.8 Å². The average molecular weight is 275 g/mol. The predicted octanol–water partition coefficient (Wildman–Crippen LogP) is 2.57. The fourth-order valence-electron chi connectivity index (χ4n) is 1.70. The van der Waals surface area contributed by atoms with E-state index >= 15 is 0 Å². The van der Waals surface area contributed by atoms with E-state index in [1.54, 1.807) is 25.1 Å². The lowest BCUT2D eigenvalue weighted by Crippen LogP contribution is -2.12. The van der Waals surface area contributed by atoms with E-state index in [0.29, 0.717) is 17.3 Å². The third kappa shape index (κ3) is 2.50. The Hall–Kier alpha value is -2.72. The van der Waals surface area contributed by atoms with E-state index in [4.69, 9.17) is 11.1 Å². The second-order valence-electron chi connectivity index (χ2n) is 4.03. The Morgan fingerprint density at radius 3 is 2.60 bits per heavy atom. The summed E-state index contributed by atoms with van der Waals surface area (Å²) in [6.07, 6.45) is 0. The smallest absolute Gasteiger partial charge is 0.178 e. The van der Waals surface area contributed by atoms with Crippen LogP contribution in [-0.4, -0.2) is 4.98 Å². The van der Waals surface area contributed by atoms with Crippen molar-refractivity contribution in [3.8, 4) is 6.07 Å². The third-order valence-corrected chi connectivity index (χ3v) is 2.70. The Balaban J connectivity index is 2.46. The maximum absolute atomic E-state index is 13.7. The second-order valence-corrected chi connectivity index (χ2v) is 4.03. The highest BCUT2D eigenvalue weighted by Crippen LogP contribution is 2.25. The first-order chi connectivity index (χ1) is 9.56. The predicted molar refractivity (Wildman–Crippen MR) is 71.1 cm³/mol. The zero-order chi connectivity index (χ0) is 14.7. The molecule has 0 aliphatic rings. The van der Waals surface area contributed by atoms with Crippen LogP contribution < -0.4 is 16.6 Å². The second kappa shape index (κ2) is 5.50. The summed E-state index contributed by atoms with van der Waals surface area (Å²) in [5.41, 5.74) is 3.51. The maximum atomic E-state index is 13.7. The summed E-state index contributed by atoms with van der Waals surface area (Å²) >= 11 is 0. The van der Waals surface area contributed by atoms with Gasteiger partial charge in [0.05, 0.1) is 11.3 Å². The van der Waals surface area contributed by atoms with Crippen molar-refractivity contribution in [2.45, 2.75) is 6.92 Å². The fourth-order valence-corrected chi connectivity index (χ4v) is 1.70. The largest absolute Gasteiger partial charge is 0.337 e. The van der Waals surface area contributed by atoms with Gasteiger partial charge in [-0.2, -0.15) is 5.26 Å². The number of benzene rings is 1. The first kappa shape index (κ1) is 13.7. The molecule has 0 saturated heterocycles. The van der Waals surface area contributed by atoms with Crippen LogP contribution in [-0.2, 0) is 0 Å². The quantitative estimate of drug-likeness (QED) is 0.592. The summed E-state index contributed by atoms with van der Waals surface area (Å²) in [7, 11) is 0. The molecule has 0 radical (unpaired) electrons. The lowest BCUT2D eigenvalue weighted by molar-refractivity contribution is 0.579. The van der Waals surface area contributed by atoms with Crippen LogP contribution in [0.1, 0.15) is 11.1 Å². The van der Waals surface area contributed by atoms with Crippen LogP contribution in [0.15, 0.2) is 24.3 Å².